The van der Waals surface area contributed by atoms with Crippen LogP contribution in [0, 0.1) is 0 Å². The molecule has 2 unspecified atom stereocenters. The molecule has 33 heavy (non-hydrogen) atoms. The van der Waals surface area contributed by atoms with Gasteiger partial charge in [0.05, 0.1) is 6.10 Å². The van der Waals surface area contributed by atoms with E-state index in [1.54, 1.807) is 11.9 Å². The van der Waals surface area contributed by atoms with Gasteiger partial charge in [-0.25, -0.2) is 0 Å². The first-order chi connectivity index (χ1) is 14.1. The van der Waals surface area contributed by atoms with Crippen molar-refractivity contribution in [3.05, 3.63) is 59.7 Å². The first kappa shape index (κ1) is 36.1. The van der Waals surface area contributed by atoms with Crippen molar-refractivity contribution in [2.75, 3.05) is 20.1 Å². The molecule has 2 rings (SSSR count). The minimum atomic E-state index is -5.37. The van der Waals surface area contributed by atoms with Gasteiger partial charge in [0.25, 0.3) is 0 Å². The van der Waals surface area contributed by atoms with Crippen molar-refractivity contribution in [2.24, 2.45) is 0 Å². The number of likely N-dealkylation sites (N-methyl/N-ethyl adjacent to an activating group) is 1. The van der Waals surface area contributed by atoms with Crippen LogP contribution >= 0.6 is 7.60 Å². The number of aliphatic carboxylic acids is 1. The zero-order chi connectivity index (χ0) is 22.3. The number of aliphatic hydroxyl groups is 1. The van der Waals surface area contributed by atoms with E-state index in [0.29, 0.717) is 6.54 Å². The van der Waals surface area contributed by atoms with Crippen molar-refractivity contribution in [3.8, 4) is 0 Å². The average molecular weight is 501 g/mol. The van der Waals surface area contributed by atoms with Gasteiger partial charge in [-0.3, -0.25) is 0 Å². The molecular weight excluding hydrogens is 474 g/mol. The Morgan fingerprint density at radius 3 is 2.30 bits per heavy atom. The van der Waals surface area contributed by atoms with Crippen molar-refractivity contribution >= 4 is 24.3 Å². The van der Waals surface area contributed by atoms with Crippen LogP contribution < -0.4 is 104 Å². The molecule has 0 saturated heterocycles. The number of aliphatic hydroxyl groups excluding tert-OH is 1. The number of allylic oxidation sites excluding steroid dienone is 1. The standard InChI is InChI=1S/C22H30NO6P.3Na/c1-16(7-8-17-9-10-18-5-3-4-6-19(18)13-17)11-12-23(2)15-20(24)14-21(22(25)26)30(27,28)29;;;/h3-6,9-11,13,20-21,24H,7-8,12,14-15H2,1-2H3,(H,25,26)(H2,27,28,29);;;/q;3*+1/p-3. The van der Waals surface area contributed by atoms with Crippen LogP contribution in [0.3, 0.4) is 0 Å². The van der Waals surface area contributed by atoms with E-state index in [0.717, 1.165) is 12.8 Å². The number of carboxylic acid groups (broad SMARTS) is 1. The summed E-state index contributed by atoms with van der Waals surface area (Å²) in [5.41, 5.74) is 0.194. The fourth-order valence-electron chi connectivity index (χ4n) is 3.27. The van der Waals surface area contributed by atoms with Crippen LogP contribution in [0.4, 0.5) is 0 Å². The van der Waals surface area contributed by atoms with E-state index in [2.05, 4.69) is 30.3 Å². The molecule has 0 aliphatic heterocycles. The molecule has 1 N–H and O–H groups in total. The van der Waals surface area contributed by atoms with E-state index in [-0.39, 0.29) is 95.2 Å². The molecule has 0 heterocycles. The summed E-state index contributed by atoms with van der Waals surface area (Å²) in [6.45, 7) is 2.56. The molecule has 0 saturated carbocycles. The first-order valence-electron chi connectivity index (χ1n) is 9.78. The summed E-state index contributed by atoms with van der Waals surface area (Å²) in [4.78, 5) is 34.5. The fraction of sp³-hybridized carbons (Fsp3) is 0.409. The van der Waals surface area contributed by atoms with Crippen LogP contribution in [-0.4, -0.2) is 47.9 Å². The van der Waals surface area contributed by atoms with Gasteiger partial charge in [0.15, 0.2) is 0 Å². The SMILES string of the molecule is CC(=CCN(C)CC(O)CC(C(=O)[O-])P(=O)([O-])[O-])CCc1ccc2ccccc2c1.[Na+].[Na+].[Na+]. The van der Waals surface area contributed by atoms with Gasteiger partial charge in [-0.15, -0.1) is 0 Å². The normalized spacial score (nSPS) is 13.5. The smallest absolute Gasteiger partial charge is 0.810 e. The fourth-order valence-corrected chi connectivity index (χ4v) is 4.03. The van der Waals surface area contributed by atoms with Gasteiger partial charge in [-0.1, -0.05) is 61.7 Å². The predicted octanol–water partition coefficient (Wildman–Crippen LogP) is -8.55. The summed E-state index contributed by atoms with van der Waals surface area (Å²) in [5, 5.41) is 23.2. The van der Waals surface area contributed by atoms with Crippen LogP contribution in [0.15, 0.2) is 54.1 Å². The Hall–Kier alpha value is 0.980. The van der Waals surface area contributed by atoms with Crippen molar-refractivity contribution in [3.63, 3.8) is 0 Å². The van der Waals surface area contributed by atoms with Crippen LogP contribution in [0.25, 0.3) is 10.8 Å². The van der Waals surface area contributed by atoms with Gasteiger partial charge in [0, 0.05) is 24.7 Å². The van der Waals surface area contributed by atoms with Crippen molar-refractivity contribution in [1.29, 1.82) is 0 Å². The number of hydrogen-bond donors (Lipinski definition) is 1. The second kappa shape index (κ2) is 17.4. The zero-order valence-corrected chi connectivity index (χ0v) is 27.1. The first-order valence-corrected chi connectivity index (χ1v) is 11.4. The Morgan fingerprint density at radius 2 is 1.73 bits per heavy atom. The minimum absolute atomic E-state index is 0. The predicted molar refractivity (Wildman–Crippen MR) is 111 cm³/mol. The summed E-state index contributed by atoms with van der Waals surface area (Å²) in [6.07, 6.45) is 1.84. The molecule has 0 aliphatic rings. The third-order valence-electron chi connectivity index (χ3n) is 5.04. The van der Waals surface area contributed by atoms with Crippen LogP contribution in [-0.2, 0) is 15.8 Å². The Morgan fingerprint density at radius 1 is 1.12 bits per heavy atom. The molecule has 0 bridgehead atoms. The number of nitrogens with zero attached hydrogens (tertiary/aromatic N) is 1. The molecule has 164 valence electrons. The molecule has 2 aromatic carbocycles. The van der Waals surface area contributed by atoms with Gasteiger partial charge < -0.3 is 34.3 Å². The average Bonchev–Trinajstić information content (AvgIpc) is 2.67. The number of rotatable bonds is 11. The summed E-state index contributed by atoms with van der Waals surface area (Å²) < 4.78 is 11.0. The van der Waals surface area contributed by atoms with Crippen LogP contribution in [0.1, 0.15) is 25.3 Å². The molecular formula is C22H27NNa3O6P. The Balaban J connectivity index is 0. The van der Waals surface area contributed by atoms with Crippen molar-refractivity contribution in [1.82, 2.24) is 4.90 Å². The maximum absolute atomic E-state index is 11.0. The quantitative estimate of drug-likeness (QED) is 0.184. The Kier molecular flexibility index (Phi) is 19.1. The number of hydrogen-bond acceptors (Lipinski definition) is 7. The topological polar surface area (TPSA) is 127 Å². The summed E-state index contributed by atoms with van der Waals surface area (Å²) in [7, 11) is -3.65. The van der Waals surface area contributed by atoms with Crippen LogP contribution in [0.5, 0.6) is 0 Å². The zero-order valence-electron chi connectivity index (χ0n) is 20.2. The largest absolute Gasteiger partial charge is 1.00 e. The summed E-state index contributed by atoms with van der Waals surface area (Å²) >= 11 is 0. The number of carbonyl (C=O) groups excluding carboxylic acids is 1. The monoisotopic (exact) mass is 501 g/mol. The second-order valence-corrected chi connectivity index (χ2v) is 9.42. The number of carboxylic acids is 1. The van der Waals surface area contributed by atoms with E-state index in [1.165, 1.54) is 21.9 Å². The third-order valence-corrected chi connectivity index (χ3v) is 6.23. The van der Waals surface area contributed by atoms with Crippen LogP contribution in [0.2, 0.25) is 0 Å². The van der Waals surface area contributed by atoms with E-state index >= 15 is 0 Å². The maximum Gasteiger partial charge on any atom is 1.00 e. The van der Waals surface area contributed by atoms with Crippen molar-refractivity contribution < 1.29 is 118 Å². The molecule has 0 radical (unpaired) electrons. The van der Waals surface area contributed by atoms with Gasteiger partial charge in [0.1, 0.15) is 0 Å². The van der Waals surface area contributed by atoms with Gasteiger partial charge in [-0.05, 0) is 49.6 Å². The molecule has 0 spiro atoms. The van der Waals surface area contributed by atoms with E-state index in [4.69, 9.17) is 0 Å². The third kappa shape index (κ3) is 13.2. The molecule has 11 heteroatoms. The van der Waals surface area contributed by atoms with E-state index in [1.807, 2.05) is 25.1 Å². The maximum atomic E-state index is 11.0. The molecule has 0 amide bonds. The van der Waals surface area contributed by atoms with Crippen molar-refractivity contribution in [2.45, 2.75) is 37.9 Å². The molecule has 2 aromatic rings. The molecule has 0 fully saturated rings. The van der Waals surface area contributed by atoms with E-state index < -0.39 is 31.7 Å². The Labute approximate surface area is 262 Å². The van der Waals surface area contributed by atoms with Gasteiger partial charge >= 0.3 is 88.7 Å². The number of carbonyl (C=O) groups is 1. The molecule has 7 nitrogen and oxygen atoms in total. The second-order valence-electron chi connectivity index (χ2n) is 7.72. The molecule has 0 aromatic heterocycles. The number of aryl methyl sites for hydroxylation is 1. The van der Waals surface area contributed by atoms with E-state index in [9.17, 15) is 29.4 Å². The molecule has 2 atom stereocenters. The number of fused-ring (bicyclic) bond motifs is 1. The summed E-state index contributed by atoms with van der Waals surface area (Å²) in [6, 6.07) is 14.6. The number of benzene rings is 2. The minimum Gasteiger partial charge on any atom is -0.810 e. The Bertz CT molecular complexity index is 953. The van der Waals surface area contributed by atoms with Gasteiger partial charge in [0.2, 0.25) is 0 Å². The molecule has 0 aliphatic carbocycles. The van der Waals surface area contributed by atoms with Gasteiger partial charge in [-0.2, -0.15) is 0 Å². The summed E-state index contributed by atoms with van der Waals surface area (Å²) in [5.74, 6) is -1.98.